The molecule has 1 aromatic heterocycles. The Bertz CT molecular complexity index is 323. The highest BCUT2D eigenvalue weighted by Gasteiger charge is 2.36. The maximum absolute atomic E-state index is 12.2. The normalized spacial score (nSPS) is 27.4. The van der Waals surface area contributed by atoms with Crippen LogP contribution in [-0.4, -0.2) is 10.2 Å². The van der Waals surface area contributed by atoms with Crippen molar-refractivity contribution in [1.29, 1.82) is 0 Å². The third-order valence-electron chi connectivity index (χ3n) is 2.70. The van der Waals surface area contributed by atoms with Gasteiger partial charge in [0.05, 0.1) is 0 Å². The molecule has 0 saturated heterocycles. The second-order valence-corrected chi connectivity index (χ2v) is 3.98. The van der Waals surface area contributed by atoms with Gasteiger partial charge < -0.3 is 0 Å². The largest absolute Gasteiger partial charge is 0.435 e. The Balaban J connectivity index is 2.11. The number of alkyl halides is 3. The number of aromatic nitrogens is 2. The van der Waals surface area contributed by atoms with Crippen molar-refractivity contribution in [3.63, 3.8) is 0 Å². The van der Waals surface area contributed by atoms with Crippen molar-refractivity contribution in [3.05, 3.63) is 17.5 Å². The van der Waals surface area contributed by atoms with E-state index in [1.807, 2.05) is 0 Å². The van der Waals surface area contributed by atoms with Crippen molar-refractivity contribution in [2.24, 2.45) is 5.92 Å². The molecule has 2 nitrogen and oxygen atoms in total. The van der Waals surface area contributed by atoms with Crippen molar-refractivity contribution in [2.45, 2.75) is 31.9 Å². The summed E-state index contributed by atoms with van der Waals surface area (Å²) in [6.07, 6.45) is -2.41. The fourth-order valence-corrected chi connectivity index (χ4v) is 1.85. The highest BCUT2D eigenvalue weighted by atomic mass is 19.4. The van der Waals surface area contributed by atoms with Gasteiger partial charge in [-0.15, -0.1) is 0 Å². The monoisotopic (exact) mass is 204 g/mol. The second-order valence-electron chi connectivity index (χ2n) is 3.98. The van der Waals surface area contributed by atoms with Crippen LogP contribution in [0, 0.1) is 5.92 Å². The standard InChI is InChI=1S/C9H11F3N2/c1-5-2-6(3-5)7-4-8(14-13-7)9(10,11)12/h4-6H,2-3H2,1H3,(H,13,14). The Morgan fingerprint density at radius 2 is 2.07 bits per heavy atom. The van der Waals surface area contributed by atoms with Gasteiger partial charge in [0.25, 0.3) is 0 Å². The molecule has 78 valence electrons. The topological polar surface area (TPSA) is 28.7 Å². The summed E-state index contributed by atoms with van der Waals surface area (Å²) in [5.74, 6) is 0.867. The first kappa shape index (κ1) is 9.55. The van der Waals surface area contributed by atoms with E-state index in [-0.39, 0.29) is 5.92 Å². The van der Waals surface area contributed by atoms with Gasteiger partial charge in [0.15, 0.2) is 5.69 Å². The minimum Gasteiger partial charge on any atom is -0.282 e. The number of aromatic amines is 1. The molecular formula is C9H11F3N2. The van der Waals surface area contributed by atoms with Gasteiger partial charge in [-0.3, -0.25) is 5.10 Å². The van der Waals surface area contributed by atoms with E-state index < -0.39 is 11.9 Å². The summed E-state index contributed by atoms with van der Waals surface area (Å²) in [5.41, 5.74) is -0.192. The lowest BCUT2D eigenvalue weighted by molar-refractivity contribution is -0.141. The van der Waals surface area contributed by atoms with E-state index in [0.717, 1.165) is 18.9 Å². The molecule has 2 rings (SSSR count). The predicted octanol–water partition coefficient (Wildman–Crippen LogP) is 2.94. The fourth-order valence-electron chi connectivity index (χ4n) is 1.85. The molecule has 0 amide bonds. The summed E-state index contributed by atoms with van der Waals surface area (Å²) in [5, 5.41) is 5.73. The third-order valence-corrected chi connectivity index (χ3v) is 2.70. The number of H-pyrrole nitrogens is 1. The van der Waals surface area contributed by atoms with Crippen LogP contribution in [0.25, 0.3) is 0 Å². The van der Waals surface area contributed by atoms with Gasteiger partial charge in [-0.05, 0) is 24.8 Å². The highest BCUT2D eigenvalue weighted by Crippen LogP contribution is 2.41. The maximum atomic E-state index is 12.2. The minimum absolute atomic E-state index is 0.244. The summed E-state index contributed by atoms with van der Waals surface area (Å²) in [6.45, 7) is 2.09. The van der Waals surface area contributed by atoms with E-state index in [9.17, 15) is 13.2 Å². The Morgan fingerprint density at radius 3 is 2.50 bits per heavy atom. The molecule has 1 aliphatic carbocycles. The molecule has 1 heterocycles. The first-order valence-corrected chi connectivity index (χ1v) is 4.59. The maximum Gasteiger partial charge on any atom is 0.435 e. The molecule has 0 aromatic carbocycles. The van der Waals surface area contributed by atoms with Crippen LogP contribution >= 0.6 is 0 Å². The Labute approximate surface area is 79.5 Å². The zero-order valence-electron chi connectivity index (χ0n) is 7.73. The lowest BCUT2D eigenvalue weighted by Gasteiger charge is -2.31. The van der Waals surface area contributed by atoms with Crippen LogP contribution in [0.5, 0.6) is 0 Å². The van der Waals surface area contributed by atoms with Crippen LogP contribution in [0.4, 0.5) is 13.2 Å². The number of hydrogen-bond acceptors (Lipinski definition) is 1. The molecule has 1 N–H and O–H groups in total. The Morgan fingerprint density at radius 1 is 1.43 bits per heavy atom. The van der Waals surface area contributed by atoms with Crippen LogP contribution < -0.4 is 0 Å². The first-order chi connectivity index (χ1) is 6.47. The quantitative estimate of drug-likeness (QED) is 0.748. The summed E-state index contributed by atoms with van der Waals surface area (Å²) in [7, 11) is 0. The van der Waals surface area contributed by atoms with Gasteiger partial charge in [-0.1, -0.05) is 6.92 Å². The van der Waals surface area contributed by atoms with Crippen LogP contribution in [0.2, 0.25) is 0 Å². The molecule has 5 heteroatoms. The Kier molecular flexibility index (Phi) is 2.05. The molecular weight excluding hydrogens is 193 g/mol. The summed E-state index contributed by atoms with van der Waals surface area (Å²) in [4.78, 5) is 0. The fraction of sp³-hybridized carbons (Fsp3) is 0.667. The van der Waals surface area contributed by atoms with Gasteiger partial charge in [0, 0.05) is 11.6 Å². The SMILES string of the molecule is CC1CC(c2cc(C(F)(F)F)n[nH]2)C1. The number of nitrogens with one attached hydrogen (secondary N) is 1. The van der Waals surface area contributed by atoms with Crippen molar-refractivity contribution >= 4 is 0 Å². The van der Waals surface area contributed by atoms with Crippen molar-refractivity contribution in [2.75, 3.05) is 0 Å². The number of hydrogen-bond donors (Lipinski definition) is 1. The van der Waals surface area contributed by atoms with Crippen LogP contribution in [-0.2, 0) is 6.18 Å². The average molecular weight is 204 g/mol. The molecule has 0 atom stereocenters. The molecule has 0 unspecified atom stereocenters. The Hall–Kier alpha value is -1.00. The molecule has 1 aliphatic rings. The molecule has 0 radical (unpaired) electrons. The van der Waals surface area contributed by atoms with E-state index in [0.29, 0.717) is 11.6 Å². The third kappa shape index (κ3) is 1.63. The van der Waals surface area contributed by atoms with Gasteiger partial charge >= 0.3 is 6.18 Å². The zero-order chi connectivity index (χ0) is 10.3. The van der Waals surface area contributed by atoms with Crippen molar-refractivity contribution in [3.8, 4) is 0 Å². The highest BCUT2D eigenvalue weighted by molar-refractivity contribution is 5.17. The molecule has 1 fully saturated rings. The minimum atomic E-state index is -4.33. The molecule has 14 heavy (non-hydrogen) atoms. The van der Waals surface area contributed by atoms with E-state index in [4.69, 9.17) is 0 Å². The van der Waals surface area contributed by atoms with Gasteiger partial charge in [-0.2, -0.15) is 18.3 Å². The van der Waals surface area contributed by atoms with Gasteiger partial charge in [-0.25, -0.2) is 0 Å². The van der Waals surface area contributed by atoms with E-state index in [1.54, 1.807) is 0 Å². The molecule has 0 spiro atoms. The van der Waals surface area contributed by atoms with Gasteiger partial charge in [0.1, 0.15) is 0 Å². The van der Waals surface area contributed by atoms with Gasteiger partial charge in [0.2, 0.25) is 0 Å². The zero-order valence-corrected chi connectivity index (χ0v) is 7.73. The number of halogens is 3. The molecule has 1 saturated carbocycles. The lowest BCUT2D eigenvalue weighted by atomic mass is 9.74. The lowest BCUT2D eigenvalue weighted by Crippen LogP contribution is -2.19. The summed E-state index contributed by atoms with van der Waals surface area (Å²) >= 11 is 0. The first-order valence-electron chi connectivity index (χ1n) is 4.59. The molecule has 1 aromatic rings. The van der Waals surface area contributed by atoms with E-state index >= 15 is 0 Å². The molecule has 0 bridgehead atoms. The van der Waals surface area contributed by atoms with Crippen molar-refractivity contribution < 1.29 is 13.2 Å². The van der Waals surface area contributed by atoms with Crippen LogP contribution in [0.15, 0.2) is 6.07 Å². The smallest absolute Gasteiger partial charge is 0.282 e. The van der Waals surface area contributed by atoms with E-state index in [2.05, 4.69) is 17.1 Å². The predicted molar refractivity (Wildman–Crippen MR) is 44.7 cm³/mol. The number of rotatable bonds is 1. The summed E-state index contributed by atoms with van der Waals surface area (Å²) < 4.78 is 36.5. The van der Waals surface area contributed by atoms with Crippen LogP contribution in [0.1, 0.15) is 37.1 Å². The van der Waals surface area contributed by atoms with E-state index in [1.165, 1.54) is 0 Å². The molecule has 0 aliphatic heterocycles. The summed E-state index contributed by atoms with van der Waals surface area (Å²) in [6, 6.07) is 1.12. The average Bonchev–Trinajstić information content (AvgIpc) is 2.45. The van der Waals surface area contributed by atoms with Crippen molar-refractivity contribution in [1.82, 2.24) is 10.2 Å². The second kappa shape index (κ2) is 3.00. The number of nitrogens with zero attached hydrogens (tertiary/aromatic N) is 1. The van der Waals surface area contributed by atoms with Crippen LogP contribution in [0.3, 0.4) is 0 Å².